The summed E-state index contributed by atoms with van der Waals surface area (Å²) in [6, 6.07) is 8.37. The van der Waals surface area contributed by atoms with Crippen LogP contribution in [-0.2, 0) is 10.5 Å². The smallest absolute Gasteiger partial charge is 0.320 e. The number of aliphatic hydroxyl groups is 1. The molecule has 3 aromatic rings. The molecule has 0 radical (unpaired) electrons. The highest BCUT2D eigenvalue weighted by Crippen LogP contribution is 2.58. The lowest BCUT2D eigenvalue weighted by atomic mass is 9.88. The molecule has 3 aliphatic heterocycles. The molecule has 6 rings (SSSR count). The first-order valence-electron chi connectivity index (χ1n) is 14.7. The molecule has 0 aromatic carbocycles. The number of likely N-dealkylation sites (tertiary alicyclic amines) is 1. The predicted octanol–water partition coefficient (Wildman–Crippen LogP) is 3.23. The number of aliphatic hydroxyl groups excluding tert-OH is 1. The number of fused-ring (bicyclic) bond motifs is 2. The van der Waals surface area contributed by atoms with E-state index in [0.29, 0.717) is 53.2 Å². The molecule has 2 fully saturated rings. The third-order valence-electron chi connectivity index (χ3n) is 9.32. The Hall–Kier alpha value is -3.82. The van der Waals surface area contributed by atoms with Crippen molar-refractivity contribution in [2.24, 2.45) is 0 Å². The van der Waals surface area contributed by atoms with Crippen LogP contribution in [0.4, 0.5) is 22.5 Å². The number of nitrogens with two attached hydrogens (primary N) is 2. The van der Waals surface area contributed by atoms with Crippen LogP contribution in [0.25, 0.3) is 0 Å². The second kappa shape index (κ2) is 11.6. The molecule has 2 atom stereocenters. The summed E-state index contributed by atoms with van der Waals surface area (Å²) in [6.45, 7) is 6.72. The summed E-state index contributed by atoms with van der Waals surface area (Å²) in [5, 5.41) is 31.3. The fraction of sp³-hybridized carbons (Fsp3) is 0.500. The molecule has 1 spiro atoms. The van der Waals surface area contributed by atoms with E-state index in [4.69, 9.17) is 26.2 Å². The van der Waals surface area contributed by atoms with Crippen LogP contribution in [0.15, 0.2) is 18.3 Å². The summed E-state index contributed by atoms with van der Waals surface area (Å²) in [5.74, 6) is 2.15. The van der Waals surface area contributed by atoms with Crippen molar-refractivity contribution in [3.05, 3.63) is 45.5 Å². The molecule has 0 bridgehead atoms. The number of nitrogen functional groups attached to an aromatic ring is 2. The number of pyridine rings is 1. The van der Waals surface area contributed by atoms with Gasteiger partial charge in [0.05, 0.1) is 28.5 Å². The van der Waals surface area contributed by atoms with Gasteiger partial charge >= 0.3 is 6.01 Å². The molecule has 1 unspecified atom stereocenters. The fourth-order valence-electron chi connectivity index (χ4n) is 6.71. The molecular formula is C30H36N10O2S2. The van der Waals surface area contributed by atoms with Gasteiger partial charge in [0.1, 0.15) is 35.1 Å². The van der Waals surface area contributed by atoms with E-state index in [2.05, 4.69) is 26.9 Å². The summed E-state index contributed by atoms with van der Waals surface area (Å²) >= 11 is 3.30. The summed E-state index contributed by atoms with van der Waals surface area (Å²) in [7, 11) is 1.99. The van der Waals surface area contributed by atoms with Crippen molar-refractivity contribution < 1.29 is 9.84 Å². The van der Waals surface area contributed by atoms with Crippen molar-refractivity contribution in [2.45, 2.75) is 48.8 Å². The van der Waals surface area contributed by atoms with Crippen LogP contribution in [0.2, 0.25) is 0 Å². The summed E-state index contributed by atoms with van der Waals surface area (Å²) in [5.41, 5.74) is 14.7. The van der Waals surface area contributed by atoms with Crippen molar-refractivity contribution in [3.63, 3.8) is 0 Å². The van der Waals surface area contributed by atoms with Gasteiger partial charge < -0.3 is 31.1 Å². The lowest BCUT2D eigenvalue weighted by Gasteiger charge is -2.49. The normalized spacial score (nSPS) is 21.0. The molecule has 3 aromatic heterocycles. The highest BCUT2D eigenvalue weighted by Gasteiger charge is 2.53. The Bertz CT molecular complexity index is 1660. The maximum absolute atomic E-state index is 10.6. The summed E-state index contributed by atoms with van der Waals surface area (Å²) in [6.07, 6.45) is 3.42. The molecule has 0 saturated carbocycles. The molecule has 3 aliphatic rings. The number of thioether (sulfide) groups is 1. The molecule has 6 heterocycles. The van der Waals surface area contributed by atoms with Crippen molar-refractivity contribution in [3.8, 4) is 18.1 Å². The van der Waals surface area contributed by atoms with Gasteiger partial charge in [-0.15, -0.1) is 23.1 Å². The van der Waals surface area contributed by atoms with Crippen LogP contribution in [0, 0.1) is 22.7 Å². The number of anilines is 4. The molecular weight excluding hydrogens is 597 g/mol. The van der Waals surface area contributed by atoms with Crippen LogP contribution >= 0.6 is 23.1 Å². The molecule has 2 saturated heterocycles. The van der Waals surface area contributed by atoms with E-state index in [0.717, 1.165) is 41.1 Å². The highest BCUT2D eigenvalue weighted by molar-refractivity contribution is 8.00. The number of nitrogens with zero attached hydrogens (tertiary/aromatic N) is 8. The Balaban J connectivity index is 1.40. The molecule has 5 N–H and O–H groups in total. The number of nitriles is 2. The van der Waals surface area contributed by atoms with Gasteiger partial charge in [-0.2, -0.15) is 20.5 Å². The van der Waals surface area contributed by atoms with Crippen molar-refractivity contribution in [2.75, 3.05) is 67.7 Å². The molecule has 230 valence electrons. The van der Waals surface area contributed by atoms with Crippen LogP contribution < -0.4 is 26.0 Å². The number of likely N-dealkylation sites (N-methyl/N-ethyl adjacent to an activating group) is 1. The Labute approximate surface area is 265 Å². The second-order valence-corrected chi connectivity index (χ2v) is 14.2. The average Bonchev–Trinajstić information content (AvgIpc) is 3.66. The first-order valence-corrected chi connectivity index (χ1v) is 16.5. The van der Waals surface area contributed by atoms with E-state index in [1.54, 1.807) is 6.20 Å². The summed E-state index contributed by atoms with van der Waals surface area (Å²) in [4.78, 5) is 21.2. The van der Waals surface area contributed by atoms with E-state index in [1.807, 2.05) is 49.7 Å². The van der Waals surface area contributed by atoms with E-state index in [-0.39, 0.29) is 30.0 Å². The second-order valence-electron chi connectivity index (χ2n) is 11.7. The molecule has 12 nitrogen and oxygen atoms in total. The molecule has 0 amide bonds. The van der Waals surface area contributed by atoms with Crippen molar-refractivity contribution >= 4 is 45.6 Å². The topological polar surface area (TPSA) is 177 Å². The SMILES string of the molecule is CCN(c1nc(OCC2(CO)CCCN2C)nc(N2CC3(C2)SCc2sc(N)c(C#N)c23)c1C#N)[C@H](C)c1cccnc1N. The van der Waals surface area contributed by atoms with Gasteiger partial charge in [0, 0.05) is 47.6 Å². The Kier molecular flexibility index (Phi) is 7.96. The first-order chi connectivity index (χ1) is 21.2. The highest BCUT2D eigenvalue weighted by atomic mass is 32.2. The number of hydrogen-bond acceptors (Lipinski definition) is 14. The number of thiophene rings is 1. The number of aromatic nitrogens is 3. The maximum atomic E-state index is 10.6. The van der Waals surface area contributed by atoms with Gasteiger partial charge in [-0.05, 0) is 46.3 Å². The van der Waals surface area contributed by atoms with Gasteiger partial charge in [-0.1, -0.05) is 6.07 Å². The predicted molar refractivity (Wildman–Crippen MR) is 173 cm³/mol. The molecule has 0 aliphatic carbocycles. The zero-order chi connectivity index (χ0) is 31.2. The maximum Gasteiger partial charge on any atom is 0.320 e. The van der Waals surface area contributed by atoms with E-state index in [1.165, 1.54) is 11.3 Å². The van der Waals surface area contributed by atoms with E-state index < -0.39 is 5.54 Å². The van der Waals surface area contributed by atoms with Crippen molar-refractivity contribution in [1.29, 1.82) is 10.5 Å². The zero-order valence-corrected chi connectivity index (χ0v) is 26.7. The van der Waals surface area contributed by atoms with Crippen LogP contribution in [-0.4, -0.2) is 76.9 Å². The van der Waals surface area contributed by atoms with Gasteiger partial charge in [0.15, 0.2) is 11.6 Å². The number of hydrogen-bond donors (Lipinski definition) is 3. The van der Waals surface area contributed by atoms with Crippen molar-refractivity contribution in [1.82, 2.24) is 19.9 Å². The lowest BCUT2D eigenvalue weighted by Crippen LogP contribution is -2.57. The average molecular weight is 633 g/mol. The third-order valence-corrected chi connectivity index (χ3v) is 12.0. The minimum atomic E-state index is -0.524. The number of rotatable bonds is 9. The Morgan fingerprint density at radius 1 is 1.23 bits per heavy atom. The van der Waals surface area contributed by atoms with Gasteiger partial charge in [0.25, 0.3) is 0 Å². The zero-order valence-electron chi connectivity index (χ0n) is 25.1. The van der Waals surface area contributed by atoms with Gasteiger partial charge in [-0.25, -0.2) is 4.98 Å². The Morgan fingerprint density at radius 3 is 2.64 bits per heavy atom. The minimum Gasteiger partial charge on any atom is -0.461 e. The lowest BCUT2D eigenvalue weighted by molar-refractivity contribution is 0.0362. The van der Waals surface area contributed by atoms with Gasteiger partial charge in [-0.3, -0.25) is 4.90 Å². The van der Waals surface area contributed by atoms with Crippen LogP contribution in [0.1, 0.15) is 59.9 Å². The quantitative estimate of drug-likeness (QED) is 0.314. The Morgan fingerprint density at radius 2 is 2.00 bits per heavy atom. The van der Waals surface area contributed by atoms with Gasteiger partial charge in [0.2, 0.25) is 0 Å². The number of ether oxygens (including phenoxy) is 1. The molecule has 44 heavy (non-hydrogen) atoms. The first kappa shape index (κ1) is 30.2. The third kappa shape index (κ3) is 4.77. The largest absolute Gasteiger partial charge is 0.461 e. The van der Waals surface area contributed by atoms with Crippen LogP contribution in [0.5, 0.6) is 6.01 Å². The fourth-order valence-corrected chi connectivity index (χ4v) is 9.52. The van der Waals surface area contributed by atoms with E-state index in [9.17, 15) is 15.6 Å². The molecule has 14 heteroatoms. The van der Waals surface area contributed by atoms with Crippen LogP contribution in [0.3, 0.4) is 0 Å². The monoisotopic (exact) mass is 632 g/mol. The van der Waals surface area contributed by atoms with E-state index >= 15 is 0 Å². The minimum absolute atomic E-state index is 0.0445. The standard InChI is InChI=1S/C30H36N10O2S2/c1-4-40(18(2)19-7-5-9-35-24(19)33)27-21(12-32)26(36-28(37-27)42-17-29(16-41)8-6-10-38(29)3)39-14-30(15-39)23-20(11-31)25(34)44-22(23)13-43-30/h5,7,9,18,41H,4,6,8,10,13-17,34H2,1-3H3,(H2,33,35)/t18-,29?/m1/s1. The summed E-state index contributed by atoms with van der Waals surface area (Å²) < 4.78 is 6.00.